The van der Waals surface area contributed by atoms with Crippen LogP contribution in [0.3, 0.4) is 0 Å². The highest BCUT2D eigenvalue weighted by molar-refractivity contribution is 14.1. The Bertz CT molecular complexity index is 491. The summed E-state index contributed by atoms with van der Waals surface area (Å²) >= 11 is 2.31. The van der Waals surface area contributed by atoms with E-state index < -0.39 is 0 Å². The Morgan fingerprint density at radius 2 is 2.25 bits per heavy atom. The standard InChI is InChI=1S/C12H14IN3/c1-9-10(8-15-16(9)2)7-14-12-5-3-4-11(13)6-12/h3-6,8,14H,7H2,1-2H3. The molecule has 0 aliphatic carbocycles. The second-order valence-electron chi connectivity index (χ2n) is 3.74. The molecule has 1 aromatic heterocycles. The lowest BCUT2D eigenvalue weighted by atomic mass is 10.2. The van der Waals surface area contributed by atoms with Crippen molar-refractivity contribution >= 4 is 28.3 Å². The average Bonchev–Trinajstić information content (AvgIpc) is 2.57. The van der Waals surface area contributed by atoms with E-state index in [1.165, 1.54) is 14.8 Å². The van der Waals surface area contributed by atoms with Crippen molar-refractivity contribution in [1.82, 2.24) is 9.78 Å². The number of benzene rings is 1. The summed E-state index contributed by atoms with van der Waals surface area (Å²) in [6.07, 6.45) is 1.91. The summed E-state index contributed by atoms with van der Waals surface area (Å²) in [4.78, 5) is 0. The minimum Gasteiger partial charge on any atom is -0.381 e. The molecule has 0 amide bonds. The molecule has 0 aliphatic heterocycles. The van der Waals surface area contributed by atoms with Crippen LogP contribution in [-0.2, 0) is 13.6 Å². The van der Waals surface area contributed by atoms with Gasteiger partial charge in [-0.3, -0.25) is 4.68 Å². The second kappa shape index (κ2) is 4.86. The van der Waals surface area contributed by atoms with Crippen LogP contribution in [0.2, 0.25) is 0 Å². The highest BCUT2D eigenvalue weighted by Gasteiger charge is 2.02. The third kappa shape index (κ3) is 2.55. The number of nitrogens with one attached hydrogen (secondary N) is 1. The van der Waals surface area contributed by atoms with Crippen LogP contribution in [0.1, 0.15) is 11.3 Å². The lowest BCUT2D eigenvalue weighted by Crippen LogP contribution is -2.01. The molecule has 0 spiro atoms. The molecule has 2 rings (SSSR count). The fourth-order valence-corrected chi connectivity index (χ4v) is 2.06. The first kappa shape index (κ1) is 11.4. The zero-order chi connectivity index (χ0) is 11.5. The molecule has 0 aliphatic rings. The zero-order valence-electron chi connectivity index (χ0n) is 9.37. The maximum atomic E-state index is 4.22. The molecular formula is C12H14IN3. The fraction of sp³-hybridized carbons (Fsp3) is 0.250. The lowest BCUT2D eigenvalue weighted by Gasteiger charge is -2.06. The molecule has 1 aromatic carbocycles. The molecule has 0 saturated heterocycles. The van der Waals surface area contributed by atoms with Crippen molar-refractivity contribution in [1.29, 1.82) is 0 Å². The van der Waals surface area contributed by atoms with Crippen LogP contribution in [0.4, 0.5) is 5.69 Å². The van der Waals surface area contributed by atoms with Crippen LogP contribution in [0.15, 0.2) is 30.5 Å². The topological polar surface area (TPSA) is 29.9 Å². The van der Waals surface area contributed by atoms with E-state index in [1.54, 1.807) is 0 Å². The monoisotopic (exact) mass is 327 g/mol. The summed E-state index contributed by atoms with van der Waals surface area (Å²) < 4.78 is 3.14. The maximum Gasteiger partial charge on any atom is 0.0542 e. The van der Waals surface area contributed by atoms with E-state index in [-0.39, 0.29) is 0 Å². The highest BCUT2D eigenvalue weighted by atomic mass is 127. The highest BCUT2D eigenvalue weighted by Crippen LogP contribution is 2.14. The minimum atomic E-state index is 0.819. The van der Waals surface area contributed by atoms with E-state index in [2.05, 4.69) is 64.2 Å². The van der Waals surface area contributed by atoms with Crippen molar-refractivity contribution in [2.24, 2.45) is 7.05 Å². The SMILES string of the molecule is Cc1c(CNc2cccc(I)c2)cnn1C. The molecule has 4 heteroatoms. The first-order chi connectivity index (χ1) is 7.66. The number of hydrogen-bond donors (Lipinski definition) is 1. The first-order valence-electron chi connectivity index (χ1n) is 5.14. The molecular weight excluding hydrogens is 313 g/mol. The smallest absolute Gasteiger partial charge is 0.0542 e. The van der Waals surface area contributed by atoms with Crippen molar-refractivity contribution in [3.05, 3.63) is 45.3 Å². The van der Waals surface area contributed by atoms with Gasteiger partial charge < -0.3 is 5.32 Å². The van der Waals surface area contributed by atoms with Crippen LogP contribution in [0.25, 0.3) is 0 Å². The van der Waals surface area contributed by atoms with E-state index in [9.17, 15) is 0 Å². The van der Waals surface area contributed by atoms with E-state index in [1.807, 2.05) is 17.9 Å². The number of halogens is 1. The summed E-state index contributed by atoms with van der Waals surface area (Å²) in [6, 6.07) is 8.35. The molecule has 1 N–H and O–H groups in total. The van der Waals surface area contributed by atoms with Crippen LogP contribution in [0.5, 0.6) is 0 Å². The van der Waals surface area contributed by atoms with Crippen molar-refractivity contribution in [3.8, 4) is 0 Å². The van der Waals surface area contributed by atoms with Crippen molar-refractivity contribution in [3.63, 3.8) is 0 Å². The van der Waals surface area contributed by atoms with Gasteiger partial charge in [-0.1, -0.05) is 6.07 Å². The van der Waals surface area contributed by atoms with Crippen LogP contribution >= 0.6 is 22.6 Å². The van der Waals surface area contributed by atoms with Gasteiger partial charge >= 0.3 is 0 Å². The Hall–Kier alpha value is -1.04. The van der Waals surface area contributed by atoms with Crippen LogP contribution in [0, 0.1) is 10.5 Å². The lowest BCUT2D eigenvalue weighted by molar-refractivity contribution is 0.738. The van der Waals surface area contributed by atoms with E-state index in [4.69, 9.17) is 0 Å². The number of hydrogen-bond acceptors (Lipinski definition) is 2. The van der Waals surface area contributed by atoms with Gasteiger partial charge in [0.15, 0.2) is 0 Å². The Morgan fingerprint density at radius 3 is 2.88 bits per heavy atom. The molecule has 0 fully saturated rings. The third-order valence-corrected chi connectivity index (χ3v) is 3.32. The normalized spacial score (nSPS) is 10.4. The fourth-order valence-electron chi connectivity index (χ4n) is 1.51. The van der Waals surface area contributed by atoms with Crippen molar-refractivity contribution in [2.45, 2.75) is 13.5 Å². The van der Waals surface area contributed by atoms with Gasteiger partial charge in [-0.15, -0.1) is 0 Å². The van der Waals surface area contributed by atoms with Gasteiger partial charge in [0, 0.05) is 34.1 Å². The summed E-state index contributed by atoms with van der Waals surface area (Å²) in [7, 11) is 1.96. The van der Waals surface area contributed by atoms with Gasteiger partial charge in [-0.05, 0) is 47.7 Å². The first-order valence-corrected chi connectivity index (χ1v) is 6.21. The number of aryl methyl sites for hydroxylation is 1. The summed E-state index contributed by atoms with van der Waals surface area (Å²) in [5, 5.41) is 7.62. The van der Waals surface area contributed by atoms with Crippen molar-refractivity contribution in [2.75, 3.05) is 5.32 Å². The number of nitrogens with zero attached hydrogens (tertiary/aromatic N) is 2. The molecule has 3 nitrogen and oxygen atoms in total. The predicted octanol–water partition coefficient (Wildman–Crippen LogP) is 2.95. The largest absolute Gasteiger partial charge is 0.381 e. The van der Waals surface area contributed by atoms with E-state index in [0.717, 1.165) is 12.2 Å². The molecule has 0 atom stereocenters. The summed E-state index contributed by atoms with van der Waals surface area (Å²) in [5.41, 5.74) is 3.59. The number of aromatic nitrogens is 2. The molecule has 2 aromatic rings. The molecule has 0 bridgehead atoms. The minimum absolute atomic E-state index is 0.819. The Kier molecular flexibility index (Phi) is 3.48. The van der Waals surface area contributed by atoms with Gasteiger partial charge in [0.1, 0.15) is 0 Å². The molecule has 0 saturated carbocycles. The number of anilines is 1. The van der Waals surface area contributed by atoms with E-state index >= 15 is 0 Å². The van der Waals surface area contributed by atoms with Gasteiger partial charge in [0.05, 0.1) is 6.20 Å². The quantitative estimate of drug-likeness (QED) is 0.879. The second-order valence-corrected chi connectivity index (χ2v) is 4.99. The Balaban J connectivity index is 2.05. The molecule has 16 heavy (non-hydrogen) atoms. The van der Waals surface area contributed by atoms with Gasteiger partial charge in [0.25, 0.3) is 0 Å². The van der Waals surface area contributed by atoms with E-state index in [0.29, 0.717) is 0 Å². The van der Waals surface area contributed by atoms with Gasteiger partial charge in [-0.2, -0.15) is 5.10 Å². The maximum absolute atomic E-state index is 4.22. The molecule has 84 valence electrons. The summed E-state index contributed by atoms with van der Waals surface area (Å²) in [5.74, 6) is 0. The summed E-state index contributed by atoms with van der Waals surface area (Å²) in [6.45, 7) is 2.90. The number of rotatable bonds is 3. The molecule has 0 radical (unpaired) electrons. The molecule has 1 heterocycles. The van der Waals surface area contributed by atoms with Crippen LogP contribution in [-0.4, -0.2) is 9.78 Å². The van der Waals surface area contributed by atoms with Gasteiger partial charge in [-0.25, -0.2) is 0 Å². The predicted molar refractivity (Wildman–Crippen MR) is 74.4 cm³/mol. The van der Waals surface area contributed by atoms with Gasteiger partial charge in [0.2, 0.25) is 0 Å². The Morgan fingerprint density at radius 1 is 1.44 bits per heavy atom. The Labute approximate surface area is 109 Å². The van der Waals surface area contributed by atoms with Crippen molar-refractivity contribution < 1.29 is 0 Å². The third-order valence-electron chi connectivity index (χ3n) is 2.64. The molecule has 0 unspecified atom stereocenters. The zero-order valence-corrected chi connectivity index (χ0v) is 11.5. The average molecular weight is 327 g/mol. The van der Waals surface area contributed by atoms with Crippen LogP contribution < -0.4 is 5.32 Å².